The minimum atomic E-state index is 0.272. The summed E-state index contributed by atoms with van der Waals surface area (Å²) < 4.78 is 0. The van der Waals surface area contributed by atoms with E-state index in [1.165, 1.54) is 19.3 Å². The molecule has 1 fully saturated rings. The van der Waals surface area contributed by atoms with Crippen LogP contribution in [0, 0.1) is 6.92 Å². The van der Waals surface area contributed by atoms with E-state index in [2.05, 4.69) is 11.9 Å². The van der Waals surface area contributed by atoms with Crippen LogP contribution in [0.5, 0.6) is 0 Å². The summed E-state index contributed by atoms with van der Waals surface area (Å²) in [5.41, 5.74) is 1.97. The van der Waals surface area contributed by atoms with Crippen LogP contribution in [0.4, 0.5) is 0 Å². The van der Waals surface area contributed by atoms with Crippen LogP contribution in [0.2, 0.25) is 0 Å². The molecule has 1 aromatic carbocycles. The van der Waals surface area contributed by atoms with Crippen molar-refractivity contribution in [3.8, 4) is 0 Å². The summed E-state index contributed by atoms with van der Waals surface area (Å²) >= 11 is 0. The number of nitrogens with zero attached hydrogens (tertiary/aromatic N) is 1. The summed E-state index contributed by atoms with van der Waals surface area (Å²) in [4.78, 5) is 14.4. The zero-order valence-corrected chi connectivity index (χ0v) is 10.8. The first-order chi connectivity index (χ1) is 8.18. The van der Waals surface area contributed by atoms with Gasteiger partial charge in [-0.2, -0.15) is 0 Å². The van der Waals surface area contributed by atoms with Crippen LogP contribution in [-0.4, -0.2) is 30.3 Å². The van der Waals surface area contributed by atoms with Crippen molar-refractivity contribution in [1.82, 2.24) is 4.90 Å². The van der Waals surface area contributed by atoms with Crippen molar-refractivity contribution >= 4 is 5.78 Å². The molecule has 0 atom stereocenters. The maximum atomic E-state index is 12.1. The van der Waals surface area contributed by atoms with Gasteiger partial charge < -0.3 is 4.90 Å². The molecular formula is C15H21NO. The van der Waals surface area contributed by atoms with Gasteiger partial charge >= 0.3 is 0 Å². The molecule has 0 heterocycles. The van der Waals surface area contributed by atoms with E-state index < -0.39 is 0 Å². The number of rotatable bonds is 5. The van der Waals surface area contributed by atoms with Gasteiger partial charge in [0.05, 0.1) is 0 Å². The molecule has 1 aliphatic carbocycles. The third kappa shape index (κ3) is 2.95. The van der Waals surface area contributed by atoms with E-state index in [1.807, 2.05) is 31.2 Å². The Bertz CT molecular complexity index is 396. The second kappa shape index (κ2) is 5.46. The lowest BCUT2D eigenvalue weighted by atomic mass is 9.91. The summed E-state index contributed by atoms with van der Waals surface area (Å²) in [6, 6.07) is 8.58. The predicted molar refractivity (Wildman–Crippen MR) is 70.4 cm³/mol. The smallest absolute Gasteiger partial charge is 0.164 e. The minimum Gasteiger partial charge on any atom is -0.303 e. The molecule has 0 amide bonds. The number of hydrogen-bond donors (Lipinski definition) is 0. The molecule has 0 spiro atoms. The van der Waals surface area contributed by atoms with E-state index in [9.17, 15) is 4.79 Å². The standard InChI is InChI=1S/C15H21NO/c1-12-6-3-4-9-14(12)15(17)10-11-16(2)13-7-5-8-13/h3-4,6,9,13H,5,7-8,10-11H2,1-2H3. The Morgan fingerprint density at radius 2 is 2.06 bits per heavy atom. The molecule has 0 radical (unpaired) electrons. The fourth-order valence-corrected chi connectivity index (χ4v) is 2.31. The van der Waals surface area contributed by atoms with Crippen LogP contribution in [0.1, 0.15) is 41.6 Å². The highest BCUT2D eigenvalue weighted by atomic mass is 16.1. The van der Waals surface area contributed by atoms with Crippen LogP contribution < -0.4 is 0 Å². The first kappa shape index (κ1) is 12.3. The van der Waals surface area contributed by atoms with Gasteiger partial charge in [0.2, 0.25) is 0 Å². The topological polar surface area (TPSA) is 20.3 Å². The summed E-state index contributed by atoms with van der Waals surface area (Å²) in [6.07, 6.45) is 4.59. The fraction of sp³-hybridized carbons (Fsp3) is 0.533. The highest BCUT2D eigenvalue weighted by Gasteiger charge is 2.22. The van der Waals surface area contributed by atoms with E-state index in [-0.39, 0.29) is 5.78 Å². The van der Waals surface area contributed by atoms with E-state index >= 15 is 0 Å². The lowest BCUT2D eigenvalue weighted by molar-refractivity contribution is 0.0939. The van der Waals surface area contributed by atoms with Crippen molar-refractivity contribution in [2.45, 2.75) is 38.6 Å². The Morgan fingerprint density at radius 3 is 2.65 bits per heavy atom. The first-order valence-corrected chi connectivity index (χ1v) is 6.47. The monoisotopic (exact) mass is 231 g/mol. The Labute approximate surface area is 104 Å². The Hall–Kier alpha value is -1.15. The molecule has 92 valence electrons. The van der Waals surface area contributed by atoms with E-state index in [0.717, 1.165) is 23.7 Å². The highest BCUT2D eigenvalue weighted by molar-refractivity contribution is 5.97. The minimum absolute atomic E-state index is 0.272. The first-order valence-electron chi connectivity index (χ1n) is 6.47. The molecule has 0 aliphatic heterocycles. The van der Waals surface area contributed by atoms with Crippen molar-refractivity contribution in [2.75, 3.05) is 13.6 Å². The van der Waals surface area contributed by atoms with Crippen LogP contribution >= 0.6 is 0 Å². The van der Waals surface area contributed by atoms with E-state index in [0.29, 0.717) is 6.42 Å². The van der Waals surface area contributed by atoms with Gasteiger partial charge in [0, 0.05) is 24.6 Å². The van der Waals surface area contributed by atoms with Gasteiger partial charge in [0.25, 0.3) is 0 Å². The summed E-state index contributed by atoms with van der Waals surface area (Å²) in [6.45, 7) is 2.89. The molecular weight excluding hydrogens is 210 g/mol. The van der Waals surface area contributed by atoms with Gasteiger partial charge in [0.1, 0.15) is 0 Å². The zero-order valence-electron chi connectivity index (χ0n) is 10.8. The summed E-state index contributed by atoms with van der Waals surface area (Å²) in [7, 11) is 2.13. The number of hydrogen-bond acceptors (Lipinski definition) is 2. The summed E-state index contributed by atoms with van der Waals surface area (Å²) in [5, 5.41) is 0. The maximum absolute atomic E-state index is 12.1. The number of benzene rings is 1. The predicted octanol–water partition coefficient (Wildman–Crippen LogP) is 3.05. The van der Waals surface area contributed by atoms with Gasteiger partial charge in [-0.05, 0) is 32.4 Å². The molecule has 2 nitrogen and oxygen atoms in total. The fourth-order valence-electron chi connectivity index (χ4n) is 2.31. The van der Waals surface area contributed by atoms with Crippen LogP contribution in [0.15, 0.2) is 24.3 Å². The van der Waals surface area contributed by atoms with Crippen molar-refractivity contribution in [1.29, 1.82) is 0 Å². The van der Waals surface area contributed by atoms with Gasteiger partial charge in [-0.3, -0.25) is 4.79 Å². The maximum Gasteiger partial charge on any atom is 0.164 e. The lowest BCUT2D eigenvalue weighted by Gasteiger charge is -2.34. The molecule has 2 heteroatoms. The Balaban J connectivity index is 1.87. The van der Waals surface area contributed by atoms with Crippen LogP contribution in [-0.2, 0) is 0 Å². The molecule has 0 bridgehead atoms. The molecule has 0 unspecified atom stereocenters. The second-order valence-electron chi connectivity index (χ2n) is 5.05. The number of aryl methyl sites for hydroxylation is 1. The lowest BCUT2D eigenvalue weighted by Crippen LogP contribution is -2.38. The van der Waals surface area contributed by atoms with Gasteiger partial charge in [-0.15, -0.1) is 0 Å². The van der Waals surface area contributed by atoms with E-state index in [4.69, 9.17) is 0 Å². The van der Waals surface area contributed by atoms with Crippen molar-refractivity contribution in [2.24, 2.45) is 0 Å². The summed E-state index contributed by atoms with van der Waals surface area (Å²) in [5.74, 6) is 0.272. The number of ketones is 1. The highest BCUT2D eigenvalue weighted by Crippen LogP contribution is 2.23. The largest absolute Gasteiger partial charge is 0.303 e. The molecule has 0 saturated heterocycles. The molecule has 1 aromatic rings. The number of Topliss-reactive ketones (excluding diaryl/α,β-unsaturated/α-hetero) is 1. The Kier molecular flexibility index (Phi) is 3.95. The van der Waals surface area contributed by atoms with Crippen molar-refractivity contribution in [3.63, 3.8) is 0 Å². The van der Waals surface area contributed by atoms with Gasteiger partial charge in [-0.1, -0.05) is 30.7 Å². The van der Waals surface area contributed by atoms with Crippen LogP contribution in [0.3, 0.4) is 0 Å². The Morgan fingerprint density at radius 1 is 1.35 bits per heavy atom. The van der Waals surface area contributed by atoms with Gasteiger partial charge in [0.15, 0.2) is 5.78 Å². The van der Waals surface area contributed by atoms with Crippen molar-refractivity contribution < 1.29 is 4.79 Å². The normalized spacial score (nSPS) is 15.9. The number of carbonyl (C=O) groups is 1. The average Bonchev–Trinajstić information content (AvgIpc) is 2.24. The second-order valence-corrected chi connectivity index (χ2v) is 5.05. The zero-order chi connectivity index (χ0) is 12.3. The molecule has 17 heavy (non-hydrogen) atoms. The van der Waals surface area contributed by atoms with Crippen molar-refractivity contribution in [3.05, 3.63) is 35.4 Å². The quantitative estimate of drug-likeness (QED) is 0.726. The van der Waals surface area contributed by atoms with E-state index in [1.54, 1.807) is 0 Å². The molecule has 0 N–H and O–H groups in total. The molecule has 1 aliphatic rings. The average molecular weight is 231 g/mol. The SMILES string of the molecule is Cc1ccccc1C(=O)CCN(C)C1CCC1. The molecule has 0 aromatic heterocycles. The molecule has 1 saturated carbocycles. The molecule has 2 rings (SSSR count). The third-order valence-corrected chi connectivity index (χ3v) is 3.84. The number of carbonyl (C=O) groups excluding carboxylic acids is 1. The van der Waals surface area contributed by atoms with Crippen LogP contribution in [0.25, 0.3) is 0 Å². The van der Waals surface area contributed by atoms with Gasteiger partial charge in [-0.25, -0.2) is 0 Å². The third-order valence-electron chi connectivity index (χ3n) is 3.84.